The van der Waals surface area contributed by atoms with Gasteiger partial charge in [0.1, 0.15) is 18.1 Å². The van der Waals surface area contributed by atoms with Crippen LogP contribution in [0.25, 0.3) is 0 Å². The van der Waals surface area contributed by atoms with Gasteiger partial charge in [-0.1, -0.05) is 13.8 Å². The Balaban J connectivity index is 5.46. The molecule has 0 heterocycles. The van der Waals surface area contributed by atoms with Gasteiger partial charge < -0.3 is 38.3 Å². The van der Waals surface area contributed by atoms with E-state index in [1.165, 1.54) is 11.8 Å². The molecule has 12 nitrogen and oxygen atoms in total. The fourth-order valence-electron chi connectivity index (χ4n) is 3.25. The van der Waals surface area contributed by atoms with E-state index in [-0.39, 0.29) is 25.2 Å². The first-order valence-electron chi connectivity index (χ1n) is 11.8. The van der Waals surface area contributed by atoms with E-state index in [4.69, 9.17) is 17.2 Å². The van der Waals surface area contributed by atoms with Gasteiger partial charge in [-0.05, 0) is 63.0 Å². The van der Waals surface area contributed by atoms with Crippen molar-refractivity contribution in [1.29, 1.82) is 0 Å². The number of aliphatic carboxylic acids is 1. The molecule has 202 valence electrons. The molecule has 4 atom stereocenters. The largest absolute Gasteiger partial charge is 0.480 e. The Labute approximate surface area is 211 Å². The lowest BCUT2D eigenvalue weighted by molar-refractivity contribution is -0.142. The monoisotopic (exact) mass is 518 g/mol. The molecule has 0 aromatic carbocycles. The van der Waals surface area contributed by atoms with Crippen molar-refractivity contribution in [2.45, 2.75) is 83.0 Å². The summed E-state index contributed by atoms with van der Waals surface area (Å²) in [6.45, 7) is 4.29. The molecule has 0 aliphatic rings. The van der Waals surface area contributed by atoms with Crippen molar-refractivity contribution in [2.75, 3.05) is 18.6 Å². The summed E-state index contributed by atoms with van der Waals surface area (Å²) in [6, 6.07) is -4.08. The van der Waals surface area contributed by atoms with Crippen molar-refractivity contribution in [3.63, 3.8) is 0 Å². The van der Waals surface area contributed by atoms with Gasteiger partial charge in [-0.3, -0.25) is 19.2 Å². The number of carboxylic acids is 1. The molecule has 13 heteroatoms. The number of nitrogens with one attached hydrogen (secondary N) is 3. The van der Waals surface area contributed by atoms with Gasteiger partial charge in [0, 0.05) is 6.42 Å². The fraction of sp³-hybridized carbons (Fsp3) is 0.773. The van der Waals surface area contributed by atoms with Crippen LogP contribution in [0.5, 0.6) is 0 Å². The van der Waals surface area contributed by atoms with E-state index in [9.17, 15) is 29.1 Å². The molecule has 0 aromatic rings. The molecule has 0 aliphatic carbocycles. The highest BCUT2D eigenvalue weighted by Gasteiger charge is 2.30. The van der Waals surface area contributed by atoms with Crippen molar-refractivity contribution < 1.29 is 29.1 Å². The van der Waals surface area contributed by atoms with Crippen LogP contribution in [0.15, 0.2) is 0 Å². The smallest absolute Gasteiger partial charge is 0.326 e. The number of carbonyl (C=O) groups excluding carboxylic acids is 4. The Bertz CT molecular complexity index is 708. The van der Waals surface area contributed by atoms with Gasteiger partial charge in [0.05, 0.1) is 6.04 Å². The molecule has 0 saturated heterocycles. The van der Waals surface area contributed by atoms with Crippen molar-refractivity contribution in [3.05, 3.63) is 0 Å². The SMILES string of the molecule is CSCCC(NC(=O)C(CCCCN)NC(=O)C(N)CC(C)C)C(=O)NC(CCC(N)=O)C(=O)O. The summed E-state index contributed by atoms with van der Waals surface area (Å²) in [5, 5.41) is 17.0. The van der Waals surface area contributed by atoms with Crippen LogP contribution in [-0.4, -0.2) is 77.4 Å². The van der Waals surface area contributed by atoms with E-state index in [0.29, 0.717) is 38.0 Å². The van der Waals surface area contributed by atoms with Gasteiger partial charge >= 0.3 is 5.97 Å². The number of primary amides is 1. The minimum absolute atomic E-state index is 0.175. The number of thioether (sulfide) groups is 1. The number of unbranched alkanes of at least 4 members (excludes halogenated alkanes) is 1. The number of amides is 4. The molecule has 35 heavy (non-hydrogen) atoms. The first kappa shape index (κ1) is 32.6. The van der Waals surface area contributed by atoms with E-state index >= 15 is 0 Å². The molecule has 0 bridgehead atoms. The first-order valence-corrected chi connectivity index (χ1v) is 13.2. The van der Waals surface area contributed by atoms with Gasteiger partial charge in [-0.25, -0.2) is 4.79 Å². The van der Waals surface area contributed by atoms with E-state index in [2.05, 4.69) is 16.0 Å². The lowest BCUT2D eigenvalue weighted by atomic mass is 10.0. The molecule has 10 N–H and O–H groups in total. The fourth-order valence-corrected chi connectivity index (χ4v) is 3.72. The summed E-state index contributed by atoms with van der Waals surface area (Å²) in [5.74, 6) is -3.04. The molecule has 4 amide bonds. The number of nitrogens with two attached hydrogens (primary N) is 3. The lowest BCUT2D eigenvalue weighted by Gasteiger charge is -2.25. The molecule has 4 unspecified atom stereocenters. The van der Waals surface area contributed by atoms with Gasteiger partial charge in [0.25, 0.3) is 0 Å². The van der Waals surface area contributed by atoms with Gasteiger partial charge in [-0.2, -0.15) is 11.8 Å². The van der Waals surface area contributed by atoms with Crippen molar-refractivity contribution in [1.82, 2.24) is 16.0 Å². The number of rotatable bonds is 19. The lowest BCUT2D eigenvalue weighted by Crippen LogP contribution is -2.57. The number of hydrogen-bond acceptors (Lipinski definition) is 8. The zero-order valence-electron chi connectivity index (χ0n) is 20.9. The zero-order valence-corrected chi connectivity index (χ0v) is 21.7. The molecular weight excluding hydrogens is 476 g/mol. The molecule has 0 fully saturated rings. The maximum absolute atomic E-state index is 13.1. The second kappa shape index (κ2) is 18.0. The minimum Gasteiger partial charge on any atom is -0.480 e. The summed E-state index contributed by atoms with van der Waals surface area (Å²) >= 11 is 1.45. The Morgan fingerprint density at radius 2 is 1.40 bits per heavy atom. The maximum atomic E-state index is 13.1. The molecule has 0 aromatic heterocycles. The van der Waals surface area contributed by atoms with Crippen LogP contribution in [0.2, 0.25) is 0 Å². The molecule has 0 rings (SSSR count). The molecule has 0 radical (unpaired) electrons. The first-order chi connectivity index (χ1) is 16.4. The van der Waals surface area contributed by atoms with Crippen LogP contribution in [0, 0.1) is 5.92 Å². The molecular formula is C22H42N6O6S. The number of carbonyl (C=O) groups is 5. The number of carboxylic acid groups (broad SMARTS) is 1. The van der Waals surface area contributed by atoms with Crippen LogP contribution in [-0.2, 0) is 24.0 Å². The Kier molecular flexibility index (Phi) is 16.7. The van der Waals surface area contributed by atoms with Crippen LogP contribution in [0.1, 0.15) is 58.8 Å². The summed E-state index contributed by atoms with van der Waals surface area (Å²) in [6.07, 6.45) is 3.64. The summed E-state index contributed by atoms with van der Waals surface area (Å²) in [7, 11) is 0. The Morgan fingerprint density at radius 1 is 0.857 bits per heavy atom. The Hall–Kier alpha value is -2.38. The molecule has 0 spiro atoms. The second-order valence-electron chi connectivity index (χ2n) is 8.83. The highest BCUT2D eigenvalue weighted by molar-refractivity contribution is 7.98. The van der Waals surface area contributed by atoms with Crippen LogP contribution in [0.3, 0.4) is 0 Å². The summed E-state index contributed by atoms with van der Waals surface area (Å²) in [4.78, 5) is 61.0. The van der Waals surface area contributed by atoms with Crippen molar-refractivity contribution >= 4 is 41.4 Å². The van der Waals surface area contributed by atoms with E-state index in [1.54, 1.807) is 0 Å². The third-order valence-electron chi connectivity index (χ3n) is 5.18. The normalized spacial score (nSPS) is 14.5. The predicted octanol–water partition coefficient (Wildman–Crippen LogP) is -0.954. The molecule has 0 saturated carbocycles. The standard InChI is InChI=1S/C22H42N6O6S/c1-13(2)12-14(24)19(30)26-15(6-4-5-10-23)20(31)27-16(9-11-35-3)21(32)28-17(22(33)34)7-8-18(25)29/h13-17H,4-12,23-24H2,1-3H3,(H2,25,29)(H,26,30)(H,27,31)(H,28,32)(H,33,34). The van der Waals surface area contributed by atoms with Gasteiger partial charge in [0.15, 0.2) is 0 Å². The van der Waals surface area contributed by atoms with Crippen LogP contribution < -0.4 is 33.2 Å². The van der Waals surface area contributed by atoms with Crippen molar-refractivity contribution in [3.8, 4) is 0 Å². The van der Waals surface area contributed by atoms with E-state index in [0.717, 1.165) is 0 Å². The quantitative estimate of drug-likeness (QED) is 0.105. The van der Waals surface area contributed by atoms with Gasteiger partial charge in [0.2, 0.25) is 23.6 Å². The highest BCUT2D eigenvalue weighted by Crippen LogP contribution is 2.08. The third kappa shape index (κ3) is 14.6. The summed E-state index contributed by atoms with van der Waals surface area (Å²) in [5.41, 5.74) is 16.6. The number of hydrogen-bond donors (Lipinski definition) is 7. The summed E-state index contributed by atoms with van der Waals surface area (Å²) < 4.78 is 0. The average molecular weight is 519 g/mol. The average Bonchev–Trinajstić information content (AvgIpc) is 2.77. The zero-order chi connectivity index (χ0) is 27.0. The second-order valence-corrected chi connectivity index (χ2v) is 9.81. The van der Waals surface area contributed by atoms with Gasteiger partial charge in [-0.15, -0.1) is 0 Å². The Morgan fingerprint density at radius 3 is 1.89 bits per heavy atom. The van der Waals surface area contributed by atoms with Crippen LogP contribution in [0.4, 0.5) is 0 Å². The van der Waals surface area contributed by atoms with Crippen molar-refractivity contribution in [2.24, 2.45) is 23.1 Å². The maximum Gasteiger partial charge on any atom is 0.326 e. The highest BCUT2D eigenvalue weighted by atomic mass is 32.2. The van der Waals surface area contributed by atoms with Crippen LogP contribution >= 0.6 is 11.8 Å². The topological polar surface area (TPSA) is 220 Å². The van der Waals surface area contributed by atoms with E-state index in [1.807, 2.05) is 20.1 Å². The van der Waals surface area contributed by atoms with E-state index < -0.39 is 53.8 Å². The third-order valence-corrected chi connectivity index (χ3v) is 5.82. The predicted molar refractivity (Wildman–Crippen MR) is 135 cm³/mol. The molecule has 0 aliphatic heterocycles. The minimum atomic E-state index is -1.34.